The normalized spacial score (nSPS) is 25.9. The second kappa shape index (κ2) is 6.01. The van der Waals surface area contributed by atoms with Gasteiger partial charge in [-0.05, 0) is 37.4 Å². The third kappa shape index (κ3) is 3.26. The largest absolute Gasteiger partial charge is 0.454 e. The predicted molar refractivity (Wildman–Crippen MR) is 78.7 cm³/mol. The first-order valence-corrected chi connectivity index (χ1v) is 7.61. The SMILES string of the molecule is OCC1(O)CCCN(Cc2cc3c(cc2Cl)OCO3)CC1. The third-order valence-electron chi connectivity index (χ3n) is 4.24. The van der Waals surface area contributed by atoms with Crippen LogP contribution in [0.5, 0.6) is 11.5 Å². The average molecular weight is 314 g/mol. The van der Waals surface area contributed by atoms with Gasteiger partial charge < -0.3 is 19.7 Å². The van der Waals surface area contributed by atoms with Crippen LogP contribution in [0.15, 0.2) is 12.1 Å². The maximum Gasteiger partial charge on any atom is 0.231 e. The van der Waals surface area contributed by atoms with Gasteiger partial charge in [0.1, 0.15) is 0 Å². The lowest BCUT2D eigenvalue weighted by molar-refractivity contribution is -0.0255. The Morgan fingerprint density at radius 2 is 1.95 bits per heavy atom. The Bertz CT molecular complexity index is 525. The summed E-state index contributed by atoms with van der Waals surface area (Å²) in [6.45, 7) is 2.39. The first-order valence-electron chi connectivity index (χ1n) is 7.23. The van der Waals surface area contributed by atoms with Crippen molar-refractivity contribution in [2.24, 2.45) is 0 Å². The van der Waals surface area contributed by atoms with Gasteiger partial charge in [-0.1, -0.05) is 11.6 Å². The molecule has 1 aromatic rings. The standard InChI is InChI=1S/C15H20ClNO4/c16-12-7-14-13(20-10-21-14)6-11(12)8-17-4-1-2-15(19,9-18)3-5-17/h6-7,18-19H,1-5,8-10H2. The van der Waals surface area contributed by atoms with E-state index in [1.807, 2.05) is 6.07 Å². The van der Waals surface area contributed by atoms with Crippen molar-refractivity contribution < 1.29 is 19.7 Å². The topological polar surface area (TPSA) is 62.2 Å². The summed E-state index contributed by atoms with van der Waals surface area (Å²) in [4.78, 5) is 2.25. The second-order valence-corrected chi connectivity index (χ2v) is 6.22. The molecule has 1 atom stereocenters. The molecule has 0 saturated carbocycles. The summed E-state index contributed by atoms with van der Waals surface area (Å²) in [5.41, 5.74) is 0.0586. The first kappa shape index (κ1) is 14.9. The van der Waals surface area contributed by atoms with Crippen molar-refractivity contribution in [3.05, 3.63) is 22.7 Å². The van der Waals surface area contributed by atoms with Crippen LogP contribution in [0.2, 0.25) is 5.02 Å². The zero-order valence-corrected chi connectivity index (χ0v) is 12.6. The molecular formula is C15H20ClNO4. The molecule has 3 rings (SSSR count). The van der Waals surface area contributed by atoms with Crippen molar-refractivity contribution >= 4 is 11.6 Å². The molecule has 0 spiro atoms. The monoisotopic (exact) mass is 313 g/mol. The fourth-order valence-corrected chi connectivity index (χ4v) is 3.09. The smallest absolute Gasteiger partial charge is 0.231 e. The molecule has 0 bridgehead atoms. The number of nitrogens with zero attached hydrogens (tertiary/aromatic N) is 1. The van der Waals surface area contributed by atoms with Crippen LogP contribution in [-0.2, 0) is 6.54 Å². The summed E-state index contributed by atoms with van der Waals surface area (Å²) < 4.78 is 10.7. The van der Waals surface area contributed by atoms with Gasteiger partial charge in [-0.3, -0.25) is 4.90 Å². The molecule has 21 heavy (non-hydrogen) atoms. The highest BCUT2D eigenvalue weighted by Crippen LogP contribution is 2.37. The summed E-state index contributed by atoms with van der Waals surface area (Å²) in [5, 5.41) is 20.1. The van der Waals surface area contributed by atoms with E-state index in [-0.39, 0.29) is 13.4 Å². The van der Waals surface area contributed by atoms with Crippen LogP contribution >= 0.6 is 11.6 Å². The fraction of sp³-hybridized carbons (Fsp3) is 0.600. The Labute approximate surface area is 129 Å². The lowest BCUT2D eigenvalue weighted by Crippen LogP contribution is -2.34. The third-order valence-corrected chi connectivity index (χ3v) is 4.59. The van der Waals surface area contributed by atoms with E-state index >= 15 is 0 Å². The summed E-state index contributed by atoms with van der Waals surface area (Å²) >= 11 is 6.30. The highest BCUT2D eigenvalue weighted by molar-refractivity contribution is 6.31. The van der Waals surface area contributed by atoms with Gasteiger partial charge in [0.05, 0.1) is 12.2 Å². The first-order chi connectivity index (χ1) is 10.1. The second-order valence-electron chi connectivity index (χ2n) is 5.81. The number of aliphatic hydroxyl groups excluding tert-OH is 1. The van der Waals surface area contributed by atoms with Gasteiger partial charge in [0, 0.05) is 24.2 Å². The molecule has 2 N–H and O–H groups in total. The van der Waals surface area contributed by atoms with Crippen LogP contribution in [-0.4, -0.2) is 47.2 Å². The number of fused-ring (bicyclic) bond motifs is 1. The molecule has 6 heteroatoms. The summed E-state index contributed by atoms with van der Waals surface area (Å²) in [6, 6.07) is 3.72. The molecule has 2 aliphatic rings. The number of aliphatic hydroxyl groups is 2. The predicted octanol–water partition coefficient (Wildman–Crippen LogP) is 1.78. The van der Waals surface area contributed by atoms with Crippen LogP contribution < -0.4 is 9.47 Å². The van der Waals surface area contributed by atoms with E-state index in [1.54, 1.807) is 6.07 Å². The zero-order valence-electron chi connectivity index (χ0n) is 11.8. The van der Waals surface area contributed by atoms with Crippen molar-refractivity contribution in [1.82, 2.24) is 4.90 Å². The Kier molecular flexibility index (Phi) is 4.26. The van der Waals surface area contributed by atoms with Crippen LogP contribution in [0.3, 0.4) is 0 Å². The van der Waals surface area contributed by atoms with Crippen LogP contribution in [0.1, 0.15) is 24.8 Å². The molecule has 0 amide bonds. The van der Waals surface area contributed by atoms with Crippen LogP contribution in [0.4, 0.5) is 0 Å². The van der Waals surface area contributed by atoms with E-state index in [2.05, 4.69) is 4.90 Å². The molecule has 1 aromatic carbocycles. The summed E-state index contributed by atoms with van der Waals surface area (Å²) in [7, 11) is 0. The molecule has 116 valence electrons. The molecule has 0 radical (unpaired) electrons. The zero-order chi connectivity index (χ0) is 14.9. The van der Waals surface area contributed by atoms with Crippen molar-refractivity contribution in [3.63, 3.8) is 0 Å². The molecule has 5 nitrogen and oxygen atoms in total. The van der Waals surface area contributed by atoms with E-state index in [4.69, 9.17) is 21.1 Å². The Balaban J connectivity index is 1.69. The molecule has 0 aromatic heterocycles. The highest BCUT2D eigenvalue weighted by Gasteiger charge is 2.29. The van der Waals surface area contributed by atoms with E-state index in [1.165, 1.54) is 0 Å². The van der Waals surface area contributed by atoms with Crippen molar-refractivity contribution in [1.29, 1.82) is 0 Å². The van der Waals surface area contributed by atoms with Gasteiger partial charge in [0.25, 0.3) is 0 Å². The highest BCUT2D eigenvalue weighted by atomic mass is 35.5. The van der Waals surface area contributed by atoms with Gasteiger partial charge >= 0.3 is 0 Å². The molecular weight excluding hydrogens is 294 g/mol. The van der Waals surface area contributed by atoms with E-state index in [0.717, 1.165) is 30.8 Å². The summed E-state index contributed by atoms with van der Waals surface area (Å²) in [6.07, 6.45) is 2.07. The number of likely N-dealkylation sites (tertiary alicyclic amines) is 1. The van der Waals surface area contributed by atoms with Crippen molar-refractivity contribution in [2.75, 3.05) is 26.5 Å². The molecule has 1 saturated heterocycles. The lowest BCUT2D eigenvalue weighted by atomic mass is 9.96. The van der Waals surface area contributed by atoms with E-state index < -0.39 is 5.60 Å². The molecule has 1 unspecified atom stereocenters. The van der Waals surface area contributed by atoms with Gasteiger partial charge in [0.15, 0.2) is 11.5 Å². The fourth-order valence-electron chi connectivity index (χ4n) is 2.87. The van der Waals surface area contributed by atoms with Gasteiger partial charge in [-0.15, -0.1) is 0 Å². The Hall–Kier alpha value is -1.01. The van der Waals surface area contributed by atoms with E-state index in [9.17, 15) is 10.2 Å². The van der Waals surface area contributed by atoms with Crippen LogP contribution in [0.25, 0.3) is 0 Å². The van der Waals surface area contributed by atoms with Gasteiger partial charge in [-0.2, -0.15) is 0 Å². The summed E-state index contributed by atoms with van der Waals surface area (Å²) in [5.74, 6) is 1.42. The molecule has 1 fully saturated rings. The molecule has 2 aliphatic heterocycles. The number of halogens is 1. The maximum absolute atomic E-state index is 10.2. The Morgan fingerprint density at radius 1 is 1.19 bits per heavy atom. The number of hydrogen-bond acceptors (Lipinski definition) is 5. The minimum atomic E-state index is -0.937. The number of ether oxygens (including phenoxy) is 2. The lowest BCUT2D eigenvalue weighted by Gasteiger charge is -2.24. The van der Waals surface area contributed by atoms with Crippen molar-refractivity contribution in [3.8, 4) is 11.5 Å². The minimum absolute atomic E-state index is 0.175. The number of hydrogen-bond donors (Lipinski definition) is 2. The van der Waals surface area contributed by atoms with E-state index in [0.29, 0.717) is 30.2 Å². The van der Waals surface area contributed by atoms with Crippen LogP contribution in [0, 0.1) is 0 Å². The molecule has 2 heterocycles. The average Bonchev–Trinajstić information content (AvgIpc) is 2.83. The van der Waals surface area contributed by atoms with Gasteiger partial charge in [0.2, 0.25) is 6.79 Å². The Morgan fingerprint density at radius 3 is 2.71 bits per heavy atom. The van der Waals surface area contributed by atoms with Crippen molar-refractivity contribution in [2.45, 2.75) is 31.4 Å². The maximum atomic E-state index is 10.2. The molecule has 0 aliphatic carbocycles. The number of benzene rings is 1. The minimum Gasteiger partial charge on any atom is -0.454 e. The number of rotatable bonds is 3. The van der Waals surface area contributed by atoms with Gasteiger partial charge in [-0.25, -0.2) is 0 Å². The quantitative estimate of drug-likeness (QED) is 0.890.